The van der Waals surface area contributed by atoms with Crippen LogP contribution in [-0.2, 0) is 0 Å². The minimum Gasteiger partial charge on any atom is -0.339 e. The topological polar surface area (TPSA) is 46.3 Å². The SMILES string of the molecule is CCN(CC)C(=O)c1ccc(C#CCN)c(F)c1. The van der Waals surface area contributed by atoms with Crippen LogP contribution in [0.1, 0.15) is 29.8 Å². The van der Waals surface area contributed by atoms with Crippen LogP contribution in [-0.4, -0.2) is 30.4 Å². The van der Waals surface area contributed by atoms with E-state index in [4.69, 9.17) is 5.73 Å². The van der Waals surface area contributed by atoms with Crippen molar-refractivity contribution < 1.29 is 9.18 Å². The highest BCUT2D eigenvalue weighted by Crippen LogP contribution is 2.11. The fraction of sp³-hybridized carbons (Fsp3) is 0.357. The summed E-state index contributed by atoms with van der Waals surface area (Å²) >= 11 is 0. The summed E-state index contributed by atoms with van der Waals surface area (Å²) in [5.41, 5.74) is 5.83. The Balaban J connectivity index is 3.00. The Bertz CT molecular complexity index is 484. The molecule has 1 rings (SSSR count). The normalized spacial score (nSPS) is 9.56. The molecule has 0 atom stereocenters. The molecule has 3 nitrogen and oxygen atoms in total. The molecule has 4 heteroatoms. The zero-order chi connectivity index (χ0) is 13.5. The van der Waals surface area contributed by atoms with Gasteiger partial charge in [0.25, 0.3) is 5.91 Å². The van der Waals surface area contributed by atoms with Crippen molar-refractivity contribution in [3.63, 3.8) is 0 Å². The second-order valence-electron chi connectivity index (χ2n) is 3.68. The standard InChI is InChI=1S/C14H17FN2O/c1-3-17(4-2)14(18)12-8-7-11(6-5-9-16)13(15)10-12/h7-8,10H,3-4,9,16H2,1-2H3. The molecular weight excluding hydrogens is 231 g/mol. The largest absolute Gasteiger partial charge is 0.339 e. The van der Waals surface area contributed by atoms with Gasteiger partial charge in [0.05, 0.1) is 12.1 Å². The quantitative estimate of drug-likeness (QED) is 0.826. The van der Waals surface area contributed by atoms with Gasteiger partial charge >= 0.3 is 0 Å². The minimum atomic E-state index is -0.492. The molecule has 96 valence electrons. The first-order chi connectivity index (χ1) is 8.63. The van der Waals surface area contributed by atoms with E-state index in [1.54, 1.807) is 11.0 Å². The highest BCUT2D eigenvalue weighted by Gasteiger charge is 2.13. The van der Waals surface area contributed by atoms with Gasteiger partial charge in [0.1, 0.15) is 5.82 Å². The molecule has 0 radical (unpaired) electrons. The molecule has 0 saturated carbocycles. The second-order valence-corrected chi connectivity index (χ2v) is 3.68. The fourth-order valence-corrected chi connectivity index (χ4v) is 1.59. The summed E-state index contributed by atoms with van der Waals surface area (Å²) in [5, 5.41) is 0. The first kappa shape index (κ1) is 14.2. The van der Waals surface area contributed by atoms with Crippen molar-refractivity contribution in [1.29, 1.82) is 0 Å². The lowest BCUT2D eigenvalue weighted by molar-refractivity contribution is 0.0772. The van der Waals surface area contributed by atoms with Crippen LogP contribution in [0, 0.1) is 17.7 Å². The van der Waals surface area contributed by atoms with Crippen molar-refractivity contribution in [1.82, 2.24) is 4.90 Å². The van der Waals surface area contributed by atoms with Gasteiger partial charge in [-0.05, 0) is 32.0 Å². The number of hydrogen-bond donors (Lipinski definition) is 1. The number of nitrogens with zero attached hydrogens (tertiary/aromatic N) is 1. The summed E-state index contributed by atoms with van der Waals surface area (Å²) in [6.45, 7) is 5.16. The van der Waals surface area contributed by atoms with Crippen LogP contribution in [0.15, 0.2) is 18.2 Å². The number of benzene rings is 1. The van der Waals surface area contributed by atoms with E-state index in [1.165, 1.54) is 12.1 Å². The molecule has 1 aromatic carbocycles. The molecule has 0 aliphatic rings. The first-order valence-electron chi connectivity index (χ1n) is 5.91. The van der Waals surface area contributed by atoms with Crippen LogP contribution >= 0.6 is 0 Å². The van der Waals surface area contributed by atoms with Crippen LogP contribution in [0.3, 0.4) is 0 Å². The number of amides is 1. The highest BCUT2D eigenvalue weighted by molar-refractivity contribution is 5.94. The number of carbonyl (C=O) groups excluding carboxylic acids is 1. The van der Waals surface area contributed by atoms with Gasteiger partial charge in [-0.15, -0.1) is 0 Å². The second kappa shape index (κ2) is 6.77. The Hall–Kier alpha value is -1.86. The number of rotatable bonds is 3. The predicted molar refractivity (Wildman–Crippen MR) is 69.6 cm³/mol. The molecule has 1 aromatic rings. The lowest BCUT2D eigenvalue weighted by Gasteiger charge is -2.18. The fourth-order valence-electron chi connectivity index (χ4n) is 1.59. The Labute approximate surface area is 107 Å². The van der Waals surface area contributed by atoms with Gasteiger partial charge in [0.15, 0.2) is 0 Å². The van der Waals surface area contributed by atoms with Crippen molar-refractivity contribution in [3.05, 3.63) is 35.1 Å². The van der Waals surface area contributed by atoms with Gasteiger partial charge in [-0.2, -0.15) is 0 Å². The van der Waals surface area contributed by atoms with E-state index in [2.05, 4.69) is 11.8 Å². The van der Waals surface area contributed by atoms with Crippen LogP contribution in [0.4, 0.5) is 4.39 Å². The monoisotopic (exact) mass is 248 g/mol. The maximum absolute atomic E-state index is 13.7. The van der Waals surface area contributed by atoms with Gasteiger partial charge in [-0.1, -0.05) is 11.8 Å². The number of halogens is 1. The Morgan fingerprint density at radius 3 is 2.56 bits per heavy atom. The van der Waals surface area contributed by atoms with Crippen molar-refractivity contribution in [2.24, 2.45) is 5.73 Å². The smallest absolute Gasteiger partial charge is 0.253 e. The maximum atomic E-state index is 13.7. The third-order valence-electron chi connectivity index (χ3n) is 2.59. The Morgan fingerprint density at radius 1 is 1.39 bits per heavy atom. The summed E-state index contributed by atoms with van der Waals surface area (Å²) in [6, 6.07) is 4.32. The van der Waals surface area contributed by atoms with Gasteiger partial charge in [0, 0.05) is 18.7 Å². The molecule has 0 aliphatic heterocycles. The molecule has 0 unspecified atom stereocenters. The van der Waals surface area contributed by atoms with E-state index in [0.717, 1.165) is 0 Å². The van der Waals surface area contributed by atoms with Crippen molar-refractivity contribution in [3.8, 4) is 11.8 Å². The molecule has 0 spiro atoms. The third kappa shape index (κ3) is 3.31. The van der Waals surface area contributed by atoms with Gasteiger partial charge in [-0.25, -0.2) is 4.39 Å². The lowest BCUT2D eigenvalue weighted by atomic mass is 10.1. The van der Waals surface area contributed by atoms with E-state index in [9.17, 15) is 9.18 Å². The third-order valence-corrected chi connectivity index (χ3v) is 2.59. The zero-order valence-electron chi connectivity index (χ0n) is 10.7. The molecule has 0 heterocycles. The lowest BCUT2D eigenvalue weighted by Crippen LogP contribution is -2.30. The van der Waals surface area contributed by atoms with Gasteiger partial charge < -0.3 is 10.6 Å². The number of carbonyl (C=O) groups is 1. The van der Waals surface area contributed by atoms with Crippen LogP contribution < -0.4 is 5.73 Å². The molecular formula is C14H17FN2O. The van der Waals surface area contributed by atoms with E-state index in [0.29, 0.717) is 18.7 Å². The van der Waals surface area contributed by atoms with Gasteiger partial charge in [0.2, 0.25) is 0 Å². The number of nitrogens with two attached hydrogens (primary N) is 1. The average molecular weight is 248 g/mol. The summed E-state index contributed by atoms with van der Waals surface area (Å²) in [6.07, 6.45) is 0. The molecule has 0 saturated heterocycles. The molecule has 0 bridgehead atoms. The molecule has 1 amide bonds. The maximum Gasteiger partial charge on any atom is 0.253 e. The minimum absolute atomic E-state index is 0.169. The van der Waals surface area contributed by atoms with Gasteiger partial charge in [-0.3, -0.25) is 4.79 Å². The Kier molecular flexibility index (Phi) is 5.34. The molecule has 2 N–H and O–H groups in total. The van der Waals surface area contributed by atoms with E-state index >= 15 is 0 Å². The van der Waals surface area contributed by atoms with E-state index in [1.807, 2.05) is 13.8 Å². The van der Waals surface area contributed by atoms with Crippen molar-refractivity contribution in [2.45, 2.75) is 13.8 Å². The predicted octanol–water partition coefficient (Wildman–Crippen LogP) is 1.62. The summed E-state index contributed by atoms with van der Waals surface area (Å²) in [4.78, 5) is 13.6. The van der Waals surface area contributed by atoms with E-state index < -0.39 is 5.82 Å². The van der Waals surface area contributed by atoms with E-state index in [-0.39, 0.29) is 18.0 Å². The van der Waals surface area contributed by atoms with Crippen LogP contribution in [0.5, 0.6) is 0 Å². The van der Waals surface area contributed by atoms with Crippen molar-refractivity contribution in [2.75, 3.05) is 19.6 Å². The number of hydrogen-bond acceptors (Lipinski definition) is 2. The molecule has 0 aromatic heterocycles. The Morgan fingerprint density at radius 2 is 2.06 bits per heavy atom. The molecule has 0 fully saturated rings. The average Bonchev–Trinajstić information content (AvgIpc) is 2.38. The summed E-state index contributed by atoms with van der Waals surface area (Å²) in [5.74, 6) is 4.54. The van der Waals surface area contributed by atoms with Crippen LogP contribution in [0.2, 0.25) is 0 Å². The molecule has 0 aliphatic carbocycles. The summed E-state index contributed by atoms with van der Waals surface area (Å²) in [7, 11) is 0. The van der Waals surface area contributed by atoms with Crippen molar-refractivity contribution >= 4 is 5.91 Å². The summed E-state index contributed by atoms with van der Waals surface area (Å²) < 4.78 is 13.7. The zero-order valence-corrected chi connectivity index (χ0v) is 10.7. The first-order valence-corrected chi connectivity index (χ1v) is 5.91. The highest BCUT2D eigenvalue weighted by atomic mass is 19.1. The molecule has 18 heavy (non-hydrogen) atoms. The van der Waals surface area contributed by atoms with Crippen LogP contribution in [0.25, 0.3) is 0 Å².